The number of ether oxygens (including phenoxy) is 1. The predicted molar refractivity (Wildman–Crippen MR) is 62.2 cm³/mol. The van der Waals surface area contributed by atoms with Crippen molar-refractivity contribution in [2.45, 2.75) is 32.4 Å². The monoisotopic (exact) mass is 244 g/mol. The summed E-state index contributed by atoms with van der Waals surface area (Å²) in [6, 6.07) is 1.85. The lowest BCUT2D eigenvalue weighted by Gasteiger charge is -2.33. The molecule has 0 fully saturated rings. The minimum absolute atomic E-state index is 0.0978. The summed E-state index contributed by atoms with van der Waals surface area (Å²) in [5.41, 5.74) is 1.86. The molecule has 0 amide bonds. The lowest BCUT2D eigenvalue weighted by Crippen LogP contribution is -2.45. The number of nitrogens with two attached hydrogens (primary N) is 1. The van der Waals surface area contributed by atoms with Gasteiger partial charge in [0.1, 0.15) is 11.6 Å². The molecule has 1 aromatic rings. The van der Waals surface area contributed by atoms with Crippen LogP contribution in [0.2, 0.25) is 0 Å². The van der Waals surface area contributed by atoms with Crippen molar-refractivity contribution in [1.82, 2.24) is 5.43 Å². The second-order valence-corrected chi connectivity index (χ2v) is 4.50. The summed E-state index contributed by atoms with van der Waals surface area (Å²) in [6.45, 7) is 4.99. The van der Waals surface area contributed by atoms with E-state index in [-0.39, 0.29) is 5.56 Å². The molecule has 17 heavy (non-hydrogen) atoms. The molecule has 0 radical (unpaired) electrons. The van der Waals surface area contributed by atoms with E-state index in [2.05, 4.69) is 5.43 Å². The van der Waals surface area contributed by atoms with Crippen LogP contribution in [0.3, 0.4) is 0 Å². The average molecular weight is 244 g/mol. The van der Waals surface area contributed by atoms with Crippen molar-refractivity contribution >= 4 is 0 Å². The molecular weight excluding hydrogens is 226 g/mol. The Bertz CT molecular complexity index is 408. The summed E-state index contributed by atoms with van der Waals surface area (Å²) in [4.78, 5) is 0. The highest BCUT2D eigenvalue weighted by Gasteiger charge is 2.34. The Hall–Kier alpha value is -1.04. The summed E-state index contributed by atoms with van der Waals surface area (Å²) in [5, 5.41) is 0. The quantitative estimate of drug-likeness (QED) is 0.630. The highest BCUT2D eigenvalue weighted by atomic mass is 19.1. The van der Waals surface area contributed by atoms with Crippen molar-refractivity contribution in [1.29, 1.82) is 0 Å². The molecule has 3 nitrogen and oxygen atoms in total. The van der Waals surface area contributed by atoms with E-state index in [1.54, 1.807) is 20.8 Å². The minimum atomic E-state index is -0.829. The molecule has 0 heterocycles. The standard InChI is InChI=1S/C12H18F2N2O/c1-7-5-6-8(13)9(10(7)14)11(16-15)12(2,3)17-4/h5-6,11,16H,15H2,1-4H3. The second-order valence-electron chi connectivity index (χ2n) is 4.50. The largest absolute Gasteiger partial charge is 0.377 e. The first-order chi connectivity index (χ1) is 7.85. The van der Waals surface area contributed by atoms with Gasteiger partial charge >= 0.3 is 0 Å². The maximum atomic E-state index is 14.0. The van der Waals surface area contributed by atoms with E-state index in [0.717, 1.165) is 0 Å². The van der Waals surface area contributed by atoms with Gasteiger partial charge in [-0.25, -0.2) is 14.2 Å². The highest BCUT2D eigenvalue weighted by Crippen LogP contribution is 2.32. The van der Waals surface area contributed by atoms with Crippen LogP contribution in [0.15, 0.2) is 12.1 Å². The van der Waals surface area contributed by atoms with E-state index in [1.165, 1.54) is 19.2 Å². The fraction of sp³-hybridized carbons (Fsp3) is 0.500. The fourth-order valence-electron chi connectivity index (χ4n) is 1.69. The minimum Gasteiger partial charge on any atom is -0.377 e. The Labute approximate surface area is 99.9 Å². The number of aryl methyl sites for hydroxylation is 1. The van der Waals surface area contributed by atoms with Crippen LogP contribution in [-0.4, -0.2) is 12.7 Å². The van der Waals surface area contributed by atoms with Gasteiger partial charge in [-0.3, -0.25) is 5.84 Å². The molecule has 1 aromatic carbocycles. The fourth-order valence-corrected chi connectivity index (χ4v) is 1.69. The molecule has 0 aliphatic carbocycles. The van der Waals surface area contributed by atoms with Crippen LogP contribution < -0.4 is 11.3 Å². The van der Waals surface area contributed by atoms with Crippen LogP contribution >= 0.6 is 0 Å². The Morgan fingerprint density at radius 2 is 1.94 bits per heavy atom. The zero-order chi connectivity index (χ0) is 13.2. The van der Waals surface area contributed by atoms with Gasteiger partial charge in [-0.05, 0) is 32.4 Å². The molecule has 1 rings (SSSR count). The van der Waals surface area contributed by atoms with Crippen molar-refractivity contribution in [2.75, 3.05) is 7.11 Å². The van der Waals surface area contributed by atoms with Gasteiger partial charge in [0.25, 0.3) is 0 Å². The SMILES string of the molecule is COC(C)(C)C(NN)c1c(F)ccc(C)c1F. The summed E-state index contributed by atoms with van der Waals surface area (Å²) < 4.78 is 32.9. The molecule has 96 valence electrons. The molecule has 1 atom stereocenters. The van der Waals surface area contributed by atoms with Gasteiger partial charge in [-0.15, -0.1) is 0 Å². The number of hydrazine groups is 1. The topological polar surface area (TPSA) is 47.3 Å². The molecular formula is C12H18F2N2O. The van der Waals surface area contributed by atoms with Crippen molar-refractivity contribution in [2.24, 2.45) is 5.84 Å². The van der Waals surface area contributed by atoms with E-state index < -0.39 is 23.3 Å². The molecule has 3 N–H and O–H groups in total. The van der Waals surface area contributed by atoms with Gasteiger partial charge in [0, 0.05) is 12.7 Å². The van der Waals surface area contributed by atoms with Crippen molar-refractivity contribution in [3.63, 3.8) is 0 Å². The van der Waals surface area contributed by atoms with Crippen LogP contribution in [0.4, 0.5) is 8.78 Å². The first kappa shape index (κ1) is 14.0. The summed E-state index contributed by atoms with van der Waals surface area (Å²) in [6.07, 6.45) is 0. The maximum absolute atomic E-state index is 14.0. The average Bonchev–Trinajstić information content (AvgIpc) is 2.29. The van der Waals surface area contributed by atoms with Crippen molar-refractivity contribution in [3.05, 3.63) is 34.9 Å². The molecule has 0 aliphatic rings. The predicted octanol–water partition coefficient (Wildman–Crippen LogP) is 2.20. The number of nitrogens with one attached hydrogen (secondary N) is 1. The summed E-state index contributed by atoms with van der Waals surface area (Å²) in [7, 11) is 1.47. The zero-order valence-electron chi connectivity index (χ0n) is 10.5. The number of benzene rings is 1. The first-order valence-corrected chi connectivity index (χ1v) is 5.31. The molecule has 0 saturated carbocycles. The van der Waals surface area contributed by atoms with Gasteiger partial charge in [0.15, 0.2) is 0 Å². The first-order valence-electron chi connectivity index (χ1n) is 5.31. The van der Waals surface area contributed by atoms with E-state index in [9.17, 15) is 8.78 Å². The smallest absolute Gasteiger partial charge is 0.133 e. The van der Waals surface area contributed by atoms with E-state index in [1.807, 2.05) is 0 Å². The van der Waals surface area contributed by atoms with Crippen molar-refractivity contribution in [3.8, 4) is 0 Å². The van der Waals surface area contributed by atoms with Crippen LogP contribution in [0.1, 0.15) is 31.0 Å². The van der Waals surface area contributed by atoms with Crippen LogP contribution in [-0.2, 0) is 4.74 Å². The summed E-state index contributed by atoms with van der Waals surface area (Å²) >= 11 is 0. The maximum Gasteiger partial charge on any atom is 0.133 e. The number of hydrogen-bond acceptors (Lipinski definition) is 3. The Morgan fingerprint density at radius 1 is 1.35 bits per heavy atom. The van der Waals surface area contributed by atoms with Gasteiger partial charge in [0.2, 0.25) is 0 Å². The van der Waals surface area contributed by atoms with Gasteiger partial charge in [-0.2, -0.15) is 0 Å². The van der Waals surface area contributed by atoms with Crippen molar-refractivity contribution < 1.29 is 13.5 Å². The number of methoxy groups -OCH3 is 1. The lowest BCUT2D eigenvalue weighted by molar-refractivity contribution is -0.0131. The second kappa shape index (κ2) is 5.08. The molecule has 0 bridgehead atoms. The van der Waals surface area contributed by atoms with Crippen LogP contribution in [0, 0.1) is 18.6 Å². The molecule has 1 unspecified atom stereocenters. The Kier molecular flexibility index (Phi) is 4.19. The number of halogens is 2. The number of hydrogen-bond donors (Lipinski definition) is 2. The molecule has 0 aromatic heterocycles. The number of rotatable bonds is 4. The molecule has 0 spiro atoms. The van der Waals surface area contributed by atoms with Gasteiger partial charge in [-0.1, -0.05) is 6.07 Å². The van der Waals surface area contributed by atoms with Crippen LogP contribution in [0.5, 0.6) is 0 Å². The lowest BCUT2D eigenvalue weighted by atomic mass is 9.90. The third-order valence-corrected chi connectivity index (χ3v) is 3.00. The molecule has 0 saturated heterocycles. The normalized spacial score (nSPS) is 13.8. The van der Waals surface area contributed by atoms with E-state index >= 15 is 0 Å². The van der Waals surface area contributed by atoms with Gasteiger partial charge in [0.05, 0.1) is 11.6 Å². The van der Waals surface area contributed by atoms with E-state index in [4.69, 9.17) is 10.6 Å². The third-order valence-electron chi connectivity index (χ3n) is 3.00. The summed E-state index contributed by atoms with van der Waals surface area (Å²) in [5.74, 6) is 4.15. The Balaban J connectivity index is 3.35. The van der Waals surface area contributed by atoms with Crippen LogP contribution in [0.25, 0.3) is 0 Å². The molecule has 0 aliphatic heterocycles. The van der Waals surface area contributed by atoms with E-state index in [0.29, 0.717) is 5.56 Å². The Morgan fingerprint density at radius 3 is 2.41 bits per heavy atom. The highest BCUT2D eigenvalue weighted by molar-refractivity contribution is 5.30. The zero-order valence-corrected chi connectivity index (χ0v) is 10.5. The van der Waals surface area contributed by atoms with Gasteiger partial charge < -0.3 is 4.74 Å². The molecule has 5 heteroatoms. The third kappa shape index (κ3) is 2.62.